The molecule has 1 nitrogen and oxygen atoms in total. The van der Waals surface area contributed by atoms with Gasteiger partial charge in [0, 0.05) is 42.2 Å². The molecular formula is C48H31NS2. The van der Waals surface area contributed by atoms with E-state index in [-0.39, 0.29) is 0 Å². The van der Waals surface area contributed by atoms with E-state index in [0.29, 0.717) is 0 Å². The van der Waals surface area contributed by atoms with Gasteiger partial charge < -0.3 is 4.90 Å². The smallest absolute Gasteiger partial charge is 0.0719 e. The molecular weight excluding hydrogens is 655 g/mol. The van der Waals surface area contributed by atoms with Crippen LogP contribution in [-0.4, -0.2) is 0 Å². The Balaban J connectivity index is 1.37. The lowest BCUT2D eigenvalue weighted by molar-refractivity contribution is 1.32. The number of anilines is 3. The van der Waals surface area contributed by atoms with Crippen molar-refractivity contribution >= 4 is 80.1 Å². The molecule has 8 aromatic carbocycles. The molecule has 2 heterocycles. The predicted molar refractivity (Wildman–Crippen MR) is 223 cm³/mol. The summed E-state index contributed by atoms with van der Waals surface area (Å²) in [6.07, 6.45) is 0. The lowest BCUT2D eigenvalue weighted by Crippen LogP contribution is -2.12. The van der Waals surface area contributed by atoms with Gasteiger partial charge in [0.05, 0.1) is 20.8 Å². The van der Waals surface area contributed by atoms with Gasteiger partial charge in [0.15, 0.2) is 0 Å². The summed E-state index contributed by atoms with van der Waals surface area (Å²) in [5.41, 5.74) is 10.7. The molecule has 0 atom stereocenters. The Labute approximate surface area is 304 Å². The highest BCUT2D eigenvalue weighted by Crippen LogP contribution is 2.53. The fourth-order valence-electron chi connectivity index (χ4n) is 7.48. The van der Waals surface area contributed by atoms with Gasteiger partial charge in [0.25, 0.3) is 0 Å². The SMILES string of the molecule is c1ccc(-c2cc(-c3ccccc3)cc(N(c3cccc4c3sc3ccccc34)c3c(-c4ccccc4)ccc4c3sc3ccccc34)c2)cc1. The highest BCUT2D eigenvalue weighted by molar-refractivity contribution is 7.27. The van der Waals surface area contributed by atoms with Crippen molar-refractivity contribution in [2.75, 3.05) is 4.90 Å². The fourth-order valence-corrected chi connectivity index (χ4v) is 9.93. The Kier molecular flexibility index (Phi) is 7.26. The summed E-state index contributed by atoms with van der Waals surface area (Å²) < 4.78 is 5.15. The van der Waals surface area contributed by atoms with Crippen molar-refractivity contribution < 1.29 is 0 Å². The van der Waals surface area contributed by atoms with Crippen molar-refractivity contribution in [2.45, 2.75) is 0 Å². The fraction of sp³-hybridized carbons (Fsp3) is 0. The van der Waals surface area contributed by atoms with Gasteiger partial charge in [-0.25, -0.2) is 0 Å². The summed E-state index contributed by atoms with van der Waals surface area (Å²) in [6, 6.07) is 68.7. The van der Waals surface area contributed by atoms with E-state index in [4.69, 9.17) is 0 Å². The number of benzene rings is 8. The molecule has 51 heavy (non-hydrogen) atoms. The molecule has 10 aromatic rings. The van der Waals surface area contributed by atoms with Crippen LogP contribution in [0.25, 0.3) is 73.7 Å². The Bertz CT molecular complexity index is 2790. The molecule has 3 heteroatoms. The third-order valence-corrected chi connectivity index (χ3v) is 12.2. The largest absolute Gasteiger partial charge is 0.307 e. The minimum Gasteiger partial charge on any atom is -0.307 e. The van der Waals surface area contributed by atoms with E-state index in [9.17, 15) is 0 Å². The van der Waals surface area contributed by atoms with Gasteiger partial charge in [-0.2, -0.15) is 0 Å². The van der Waals surface area contributed by atoms with Crippen LogP contribution >= 0.6 is 22.7 Å². The average molecular weight is 686 g/mol. The van der Waals surface area contributed by atoms with Crippen molar-refractivity contribution in [3.05, 3.63) is 188 Å². The minimum absolute atomic E-state index is 1.13. The molecule has 240 valence electrons. The third kappa shape index (κ3) is 5.13. The van der Waals surface area contributed by atoms with Crippen molar-refractivity contribution in [1.82, 2.24) is 0 Å². The Morgan fingerprint density at radius 1 is 0.333 bits per heavy atom. The van der Waals surface area contributed by atoms with E-state index in [1.807, 2.05) is 22.7 Å². The van der Waals surface area contributed by atoms with Crippen LogP contribution in [0.1, 0.15) is 0 Å². The molecule has 0 fully saturated rings. The molecule has 2 aromatic heterocycles. The lowest BCUT2D eigenvalue weighted by Gasteiger charge is -2.30. The zero-order valence-electron chi connectivity index (χ0n) is 27.7. The maximum absolute atomic E-state index is 2.57. The summed E-state index contributed by atoms with van der Waals surface area (Å²) in [5, 5.41) is 5.15. The van der Waals surface area contributed by atoms with Crippen LogP contribution in [0.4, 0.5) is 17.1 Å². The number of thiophene rings is 2. The van der Waals surface area contributed by atoms with Crippen molar-refractivity contribution in [3.8, 4) is 33.4 Å². The summed E-state index contributed by atoms with van der Waals surface area (Å²) in [6.45, 7) is 0. The third-order valence-electron chi connectivity index (χ3n) is 9.84. The van der Waals surface area contributed by atoms with Gasteiger partial charge in [-0.1, -0.05) is 152 Å². The zero-order valence-corrected chi connectivity index (χ0v) is 29.3. The summed E-state index contributed by atoms with van der Waals surface area (Å²) in [7, 11) is 0. The molecule has 0 saturated carbocycles. The Morgan fingerprint density at radius 2 is 0.824 bits per heavy atom. The van der Waals surface area contributed by atoms with E-state index in [1.54, 1.807) is 0 Å². The zero-order chi connectivity index (χ0) is 33.7. The maximum Gasteiger partial charge on any atom is 0.0719 e. The first-order chi connectivity index (χ1) is 25.3. The van der Waals surface area contributed by atoms with Gasteiger partial charge in [0.2, 0.25) is 0 Å². The first-order valence-corrected chi connectivity index (χ1v) is 18.9. The Morgan fingerprint density at radius 3 is 1.43 bits per heavy atom. The molecule has 0 aliphatic rings. The second kappa shape index (κ2) is 12.4. The maximum atomic E-state index is 2.57. The van der Waals surface area contributed by atoms with Crippen LogP contribution in [0, 0.1) is 0 Å². The highest BCUT2D eigenvalue weighted by Gasteiger charge is 2.26. The van der Waals surface area contributed by atoms with Crippen LogP contribution in [-0.2, 0) is 0 Å². The van der Waals surface area contributed by atoms with Gasteiger partial charge in [-0.3, -0.25) is 0 Å². The second-order valence-corrected chi connectivity index (χ2v) is 15.0. The minimum atomic E-state index is 1.13. The van der Waals surface area contributed by atoms with Crippen molar-refractivity contribution in [2.24, 2.45) is 0 Å². The summed E-state index contributed by atoms with van der Waals surface area (Å²) in [5.74, 6) is 0. The van der Waals surface area contributed by atoms with E-state index in [2.05, 4.69) is 193 Å². The molecule has 0 aliphatic heterocycles. The monoisotopic (exact) mass is 685 g/mol. The van der Waals surface area contributed by atoms with Crippen LogP contribution in [0.15, 0.2) is 188 Å². The molecule has 10 rings (SSSR count). The van der Waals surface area contributed by atoms with Crippen LogP contribution in [0.3, 0.4) is 0 Å². The molecule has 0 spiro atoms. The number of hydrogen-bond donors (Lipinski definition) is 0. The number of fused-ring (bicyclic) bond motifs is 6. The van der Waals surface area contributed by atoms with E-state index in [0.717, 1.165) is 5.69 Å². The van der Waals surface area contributed by atoms with Crippen LogP contribution < -0.4 is 4.90 Å². The summed E-state index contributed by atoms with van der Waals surface area (Å²) >= 11 is 3.77. The van der Waals surface area contributed by atoms with Crippen LogP contribution in [0.5, 0.6) is 0 Å². The number of nitrogens with zero attached hydrogens (tertiary/aromatic N) is 1. The summed E-state index contributed by atoms with van der Waals surface area (Å²) in [4.78, 5) is 2.57. The first-order valence-electron chi connectivity index (χ1n) is 17.3. The normalized spacial score (nSPS) is 11.5. The van der Waals surface area contributed by atoms with E-state index in [1.165, 1.54) is 85.1 Å². The van der Waals surface area contributed by atoms with E-state index >= 15 is 0 Å². The molecule has 0 N–H and O–H groups in total. The highest BCUT2D eigenvalue weighted by atomic mass is 32.1. The van der Waals surface area contributed by atoms with E-state index < -0.39 is 0 Å². The molecule has 0 radical (unpaired) electrons. The van der Waals surface area contributed by atoms with Gasteiger partial charge in [0.1, 0.15) is 0 Å². The van der Waals surface area contributed by atoms with Gasteiger partial charge in [-0.15, -0.1) is 22.7 Å². The number of rotatable bonds is 6. The first kappa shape index (κ1) is 29.9. The van der Waals surface area contributed by atoms with Crippen molar-refractivity contribution in [1.29, 1.82) is 0 Å². The topological polar surface area (TPSA) is 3.24 Å². The number of hydrogen-bond acceptors (Lipinski definition) is 3. The lowest BCUT2D eigenvalue weighted by atomic mass is 9.96. The molecule has 0 amide bonds. The molecule has 0 bridgehead atoms. The standard InChI is InChI=1S/C48H31NS2/c1-4-15-32(16-5-1)35-29-36(33-17-6-2-7-18-33)31-37(30-35)49(43-24-14-23-41-39-21-10-12-25-44(39)50-47(41)43)46-38(34-19-8-3-9-20-34)27-28-42-40-22-11-13-26-45(40)51-48(42)46/h1-31H. The second-order valence-electron chi connectivity index (χ2n) is 12.9. The molecule has 0 unspecified atom stereocenters. The predicted octanol–water partition coefficient (Wildman–Crippen LogP) is 14.9. The van der Waals surface area contributed by atoms with Gasteiger partial charge >= 0.3 is 0 Å². The quantitative estimate of drug-likeness (QED) is 0.168. The van der Waals surface area contributed by atoms with Gasteiger partial charge in [-0.05, 0) is 64.2 Å². The van der Waals surface area contributed by atoms with Crippen LogP contribution in [0.2, 0.25) is 0 Å². The van der Waals surface area contributed by atoms with Crippen molar-refractivity contribution in [3.63, 3.8) is 0 Å². The molecule has 0 saturated heterocycles. The molecule has 0 aliphatic carbocycles. The average Bonchev–Trinajstić information content (AvgIpc) is 3.78. The Hall–Kier alpha value is -6.00.